The topological polar surface area (TPSA) is 144 Å². The lowest BCUT2D eigenvalue weighted by atomic mass is 9.88. The second kappa shape index (κ2) is 18.0. The number of carbonyl (C=O) groups excluding carboxylic acids is 4. The number of likely N-dealkylation sites (tertiary alicyclic amines) is 1. The molecule has 0 bridgehead atoms. The molecule has 3 N–H and O–H groups in total. The number of anilines is 1. The number of piperidine rings is 1. The number of nitrogens with zero attached hydrogens (tertiary/aromatic N) is 3. The highest BCUT2D eigenvalue weighted by atomic mass is 19.4. The van der Waals surface area contributed by atoms with Crippen LogP contribution in [0.1, 0.15) is 81.7 Å². The standard InChI is InChI=1S/C42H49F3N6O6/c1-40(2,3)57-39(55)49-41(4,5)38(54)47-33(26-56-25-28-13-8-6-9-14-28)36(52)48-34-24-51(27-46-34)35(30-15-10-7-11-16-30)37(53)50-21-19-29(20-22-50)31-17-12-18-32(23-31)42(43,44)45/h6-18,23-24,27,29,33,35H,19-22,25-26H2,1-5H3,(H,47,54)(H,48,52)(H,49,55)/t33-,35?/m1/s1. The highest BCUT2D eigenvalue weighted by Gasteiger charge is 2.36. The number of hydrogen-bond acceptors (Lipinski definition) is 7. The first-order chi connectivity index (χ1) is 26.9. The summed E-state index contributed by atoms with van der Waals surface area (Å²) in [6.07, 6.45) is -1.33. The lowest BCUT2D eigenvalue weighted by Crippen LogP contribution is -2.59. The average Bonchev–Trinajstić information content (AvgIpc) is 3.61. The molecule has 0 aliphatic carbocycles. The first kappa shape index (κ1) is 42.4. The fourth-order valence-electron chi connectivity index (χ4n) is 6.41. The zero-order valence-corrected chi connectivity index (χ0v) is 32.6. The normalized spacial score (nSPS) is 15.0. The van der Waals surface area contributed by atoms with Crippen LogP contribution in [0.3, 0.4) is 0 Å². The number of carbonyl (C=O) groups is 4. The molecule has 4 amide bonds. The number of hydrogen-bond donors (Lipinski definition) is 3. The fourth-order valence-corrected chi connectivity index (χ4v) is 6.41. The van der Waals surface area contributed by atoms with Crippen LogP contribution in [0.4, 0.5) is 23.8 Å². The van der Waals surface area contributed by atoms with Crippen LogP contribution >= 0.6 is 0 Å². The van der Waals surface area contributed by atoms with E-state index in [-0.39, 0.29) is 30.9 Å². The van der Waals surface area contributed by atoms with Gasteiger partial charge in [-0.1, -0.05) is 78.9 Å². The molecule has 1 aromatic heterocycles. The summed E-state index contributed by atoms with van der Waals surface area (Å²) in [4.78, 5) is 60.0. The Morgan fingerprint density at radius 3 is 2.16 bits per heavy atom. The number of nitrogens with one attached hydrogen (secondary N) is 3. The minimum atomic E-state index is -4.44. The van der Waals surface area contributed by atoms with Crippen LogP contribution < -0.4 is 16.0 Å². The maximum absolute atomic E-state index is 14.2. The van der Waals surface area contributed by atoms with Gasteiger partial charge in [0.15, 0.2) is 5.82 Å². The number of aromatic nitrogens is 2. The molecule has 5 rings (SSSR count). The van der Waals surface area contributed by atoms with E-state index in [1.165, 1.54) is 38.5 Å². The van der Waals surface area contributed by atoms with E-state index in [0.717, 1.165) is 11.6 Å². The maximum Gasteiger partial charge on any atom is 0.416 e. The molecule has 1 fully saturated rings. The molecule has 0 radical (unpaired) electrons. The van der Waals surface area contributed by atoms with Crippen molar-refractivity contribution in [3.8, 4) is 0 Å². The first-order valence-electron chi connectivity index (χ1n) is 18.7. The Labute approximate surface area is 330 Å². The molecule has 12 nitrogen and oxygen atoms in total. The van der Waals surface area contributed by atoms with Crippen molar-refractivity contribution in [1.29, 1.82) is 0 Å². The molecule has 15 heteroatoms. The maximum atomic E-state index is 14.2. The van der Waals surface area contributed by atoms with Crippen LogP contribution in [-0.4, -0.2) is 75.1 Å². The van der Waals surface area contributed by atoms with Gasteiger partial charge in [-0.3, -0.25) is 14.4 Å². The lowest BCUT2D eigenvalue weighted by Gasteiger charge is -2.35. The van der Waals surface area contributed by atoms with Crippen molar-refractivity contribution in [2.75, 3.05) is 25.0 Å². The van der Waals surface area contributed by atoms with Gasteiger partial charge in [0.25, 0.3) is 5.91 Å². The van der Waals surface area contributed by atoms with Gasteiger partial charge in [0, 0.05) is 19.3 Å². The summed E-state index contributed by atoms with van der Waals surface area (Å²) in [7, 11) is 0. The van der Waals surface area contributed by atoms with E-state index in [4.69, 9.17) is 9.47 Å². The molecule has 3 aromatic carbocycles. The predicted molar refractivity (Wildman–Crippen MR) is 207 cm³/mol. The van der Waals surface area contributed by atoms with Gasteiger partial charge in [0.05, 0.1) is 25.1 Å². The van der Waals surface area contributed by atoms with Crippen LogP contribution in [0.15, 0.2) is 97.5 Å². The van der Waals surface area contributed by atoms with Crippen molar-refractivity contribution < 1.29 is 41.8 Å². The van der Waals surface area contributed by atoms with Gasteiger partial charge in [0.1, 0.15) is 23.2 Å². The number of imidazole rings is 1. The summed E-state index contributed by atoms with van der Waals surface area (Å²) >= 11 is 0. The van der Waals surface area contributed by atoms with E-state index in [0.29, 0.717) is 37.1 Å². The summed E-state index contributed by atoms with van der Waals surface area (Å²) in [6, 6.07) is 21.6. The summed E-state index contributed by atoms with van der Waals surface area (Å²) in [5.74, 6) is -1.60. The highest BCUT2D eigenvalue weighted by Crippen LogP contribution is 2.35. The van der Waals surface area contributed by atoms with Crippen LogP contribution in [0.2, 0.25) is 0 Å². The number of ether oxygens (including phenoxy) is 2. The van der Waals surface area contributed by atoms with E-state index >= 15 is 0 Å². The lowest BCUT2D eigenvalue weighted by molar-refractivity contribution is -0.137. The quantitative estimate of drug-likeness (QED) is 0.135. The van der Waals surface area contributed by atoms with Gasteiger partial charge in [-0.2, -0.15) is 13.2 Å². The van der Waals surface area contributed by atoms with Gasteiger partial charge in [-0.05, 0) is 76.1 Å². The van der Waals surface area contributed by atoms with Gasteiger partial charge in [0.2, 0.25) is 11.8 Å². The van der Waals surface area contributed by atoms with Crippen molar-refractivity contribution in [2.24, 2.45) is 0 Å². The van der Waals surface area contributed by atoms with Crippen molar-refractivity contribution in [2.45, 2.75) is 89.4 Å². The van der Waals surface area contributed by atoms with E-state index in [2.05, 4.69) is 20.9 Å². The number of alkyl carbamates (subject to hydrolysis) is 1. The summed E-state index contributed by atoms with van der Waals surface area (Å²) in [5, 5.41) is 7.94. The Bertz CT molecular complexity index is 1990. The van der Waals surface area contributed by atoms with Crippen LogP contribution in [0, 0.1) is 0 Å². The van der Waals surface area contributed by atoms with Crippen LogP contribution in [-0.2, 0) is 36.6 Å². The number of amides is 4. The second-order valence-electron chi connectivity index (χ2n) is 15.5. The SMILES string of the molecule is CC(C)(C)OC(=O)NC(C)(C)C(=O)N[C@H](COCc1ccccc1)C(=O)Nc1cn(C(C(=O)N2CCC(c3cccc(C(F)(F)F)c3)CC2)c2ccccc2)cn1. The molecule has 1 aliphatic heterocycles. The summed E-state index contributed by atoms with van der Waals surface area (Å²) in [6.45, 7) is 8.64. The zero-order chi connectivity index (χ0) is 41.4. The second-order valence-corrected chi connectivity index (χ2v) is 15.5. The molecule has 0 saturated carbocycles. The minimum Gasteiger partial charge on any atom is -0.444 e. The Morgan fingerprint density at radius 2 is 1.53 bits per heavy atom. The molecule has 1 aliphatic rings. The Morgan fingerprint density at radius 1 is 0.877 bits per heavy atom. The monoisotopic (exact) mass is 790 g/mol. The van der Waals surface area contributed by atoms with Gasteiger partial charge >= 0.3 is 12.3 Å². The van der Waals surface area contributed by atoms with E-state index in [1.54, 1.807) is 60.6 Å². The molecule has 2 atom stereocenters. The van der Waals surface area contributed by atoms with Gasteiger partial charge in [-0.25, -0.2) is 9.78 Å². The van der Waals surface area contributed by atoms with E-state index in [9.17, 15) is 32.3 Å². The third kappa shape index (κ3) is 11.9. The smallest absolute Gasteiger partial charge is 0.416 e. The fraction of sp³-hybridized carbons (Fsp3) is 0.405. The molecule has 4 aromatic rings. The summed E-state index contributed by atoms with van der Waals surface area (Å²) < 4.78 is 52.9. The highest BCUT2D eigenvalue weighted by molar-refractivity contribution is 5.98. The van der Waals surface area contributed by atoms with Gasteiger partial charge in [-0.15, -0.1) is 0 Å². The number of halogens is 3. The largest absolute Gasteiger partial charge is 0.444 e. The predicted octanol–water partition coefficient (Wildman–Crippen LogP) is 6.84. The molecular weight excluding hydrogens is 741 g/mol. The van der Waals surface area contributed by atoms with E-state index < -0.39 is 52.9 Å². The number of alkyl halides is 3. The molecule has 1 unspecified atom stereocenters. The van der Waals surface area contributed by atoms with Crippen molar-refractivity contribution >= 4 is 29.6 Å². The number of benzene rings is 3. The Balaban J connectivity index is 1.30. The van der Waals surface area contributed by atoms with Crippen LogP contribution in [0.5, 0.6) is 0 Å². The summed E-state index contributed by atoms with van der Waals surface area (Å²) in [5.41, 5.74) is -0.869. The van der Waals surface area contributed by atoms with Gasteiger partial charge < -0.3 is 34.9 Å². The molecule has 57 heavy (non-hydrogen) atoms. The third-order valence-electron chi connectivity index (χ3n) is 9.39. The molecule has 304 valence electrons. The number of rotatable bonds is 13. The van der Waals surface area contributed by atoms with Crippen molar-refractivity contribution in [3.63, 3.8) is 0 Å². The molecule has 2 heterocycles. The van der Waals surface area contributed by atoms with Crippen LogP contribution in [0.25, 0.3) is 0 Å². The van der Waals surface area contributed by atoms with Crippen molar-refractivity contribution in [3.05, 3.63) is 120 Å². The first-order valence-corrected chi connectivity index (χ1v) is 18.7. The molecule has 0 spiro atoms. The van der Waals surface area contributed by atoms with Crippen molar-refractivity contribution in [1.82, 2.24) is 25.1 Å². The minimum absolute atomic E-state index is 0.102. The average molecular weight is 791 g/mol. The Hall–Kier alpha value is -5.70. The zero-order valence-electron chi connectivity index (χ0n) is 32.6. The third-order valence-corrected chi connectivity index (χ3v) is 9.39. The Kier molecular flexibility index (Phi) is 13.4. The molecular formula is C42H49F3N6O6. The van der Waals surface area contributed by atoms with E-state index in [1.807, 2.05) is 36.4 Å². The molecule has 1 saturated heterocycles.